The van der Waals surface area contributed by atoms with Gasteiger partial charge in [0.15, 0.2) is 11.5 Å². The Bertz CT molecular complexity index is 988. The normalized spacial score (nSPS) is 14.1. The molecule has 3 rings (SSSR count). The van der Waals surface area contributed by atoms with Crippen LogP contribution in [0.4, 0.5) is 5.69 Å². The van der Waals surface area contributed by atoms with Crippen molar-refractivity contribution in [2.45, 2.75) is 33.7 Å². The highest BCUT2D eigenvalue weighted by atomic mass is 16.5. The third-order valence-electron chi connectivity index (χ3n) is 4.79. The topological polar surface area (TPSA) is 67.9 Å². The van der Waals surface area contributed by atoms with Gasteiger partial charge in [-0.3, -0.25) is 14.5 Å². The molecule has 2 aromatic carbocycles. The van der Waals surface area contributed by atoms with Crippen LogP contribution in [0.5, 0.6) is 11.5 Å². The first-order chi connectivity index (χ1) is 13.8. The predicted octanol–water partition coefficient (Wildman–Crippen LogP) is 3.92. The van der Waals surface area contributed by atoms with E-state index in [-0.39, 0.29) is 23.6 Å². The van der Waals surface area contributed by atoms with E-state index >= 15 is 0 Å². The van der Waals surface area contributed by atoms with Crippen LogP contribution in [0.3, 0.4) is 0 Å². The number of hydrogen-bond donors (Lipinski definition) is 1. The van der Waals surface area contributed by atoms with Gasteiger partial charge in [-0.25, -0.2) is 0 Å². The fourth-order valence-corrected chi connectivity index (χ4v) is 3.58. The Morgan fingerprint density at radius 2 is 1.48 bits per heavy atom. The Kier molecular flexibility index (Phi) is 5.64. The van der Waals surface area contributed by atoms with Crippen LogP contribution in [0.2, 0.25) is 0 Å². The Hall–Kier alpha value is -3.28. The molecule has 1 N–H and O–H groups in total. The van der Waals surface area contributed by atoms with E-state index in [2.05, 4.69) is 11.4 Å². The van der Waals surface area contributed by atoms with Crippen LogP contribution in [0.25, 0.3) is 5.57 Å². The summed E-state index contributed by atoms with van der Waals surface area (Å²) in [7, 11) is 3.08. The number of nitrogens with one attached hydrogen (secondary N) is 1. The molecule has 0 unspecified atom stereocenters. The lowest BCUT2D eigenvalue weighted by Gasteiger charge is -2.19. The van der Waals surface area contributed by atoms with Crippen molar-refractivity contribution in [2.75, 3.05) is 19.5 Å². The Morgan fingerprint density at radius 3 is 2.03 bits per heavy atom. The number of aryl methyl sites for hydroxylation is 2. The predicted molar refractivity (Wildman–Crippen MR) is 113 cm³/mol. The molecular formula is C23H26N2O4. The zero-order valence-electron chi connectivity index (χ0n) is 17.6. The molecule has 0 bridgehead atoms. The van der Waals surface area contributed by atoms with Gasteiger partial charge in [0.2, 0.25) is 0 Å². The number of hydrogen-bond acceptors (Lipinski definition) is 5. The Balaban J connectivity index is 2.16. The molecule has 0 saturated heterocycles. The van der Waals surface area contributed by atoms with Crippen molar-refractivity contribution in [2.24, 2.45) is 0 Å². The van der Waals surface area contributed by atoms with Crippen molar-refractivity contribution in [1.29, 1.82) is 0 Å². The summed E-state index contributed by atoms with van der Waals surface area (Å²) in [4.78, 5) is 27.6. The molecule has 6 nitrogen and oxygen atoms in total. The summed E-state index contributed by atoms with van der Waals surface area (Å²) in [5, 5.41) is 3.20. The van der Waals surface area contributed by atoms with Crippen molar-refractivity contribution in [3.63, 3.8) is 0 Å². The molecule has 2 amide bonds. The number of methoxy groups -OCH3 is 2. The number of anilines is 1. The highest BCUT2D eigenvalue weighted by Crippen LogP contribution is 2.36. The molecule has 6 heteroatoms. The summed E-state index contributed by atoms with van der Waals surface area (Å²) in [6.07, 6.45) is 0. The first-order valence-electron chi connectivity index (χ1n) is 9.46. The molecule has 1 aliphatic heterocycles. The molecule has 1 aliphatic rings. The minimum absolute atomic E-state index is 0.260. The lowest BCUT2D eigenvalue weighted by Crippen LogP contribution is -2.38. The van der Waals surface area contributed by atoms with Crippen LogP contribution >= 0.6 is 0 Å². The Labute approximate surface area is 171 Å². The van der Waals surface area contributed by atoms with E-state index in [9.17, 15) is 9.59 Å². The van der Waals surface area contributed by atoms with Crippen molar-refractivity contribution < 1.29 is 19.1 Å². The van der Waals surface area contributed by atoms with Crippen molar-refractivity contribution in [3.05, 3.63) is 58.8 Å². The van der Waals surface area contributed by atoms with E-state index in [0.29, 0.717) is 22.6 Å². The summed E-state index contributed by atoms with van der Waals surface area (Å²) in [6, 6.07) is 10.9. The van der Waals surface area contributed by atoms with E-state index in [0.717, 1.165) is 16.8 Å². The van der Waals surface area contributed by atoms with Crippen LogP contribution in [0.15, 0.2) is 42.1 Å². The van der Waals surface area contributed by atoms with Gasteiger partial charge in [0.25, 0.3) is 11.8 Å². The van der Waals surface area contributed by atoms with Gasteiger partial charge in [0.05, 0.1) is 19.8 Å². The average molecular weight is 394 g/mol. The first kappa shape index (κ1) is 20.5. The molecule has 0 fully saturated rings. The number of nitrogens with zero attached hydrogens (tertiary/aromatic N) is 1. The van der Waals surface area contributed by atoms with Crippen LogP contribution < -0.4 is 14.8 Å². The molecule has 29 heavy (non-hydrogen) atoms. The van der Waals surface area contributed by atoms with Crippen LogP contribution in [0, 0.1) is 13.8 Å². The van der Waals surface area contributed by atoms with Crippen LogP contribution in [-0.4, -0.2) is 37.0 Å². The van der Waals surface area contributed by atoms with Gasteiger partial charge in [0.1, 0.15) is 5.70 Å². The third-order valence-corrected chi connectivity index (χ3v) is 4.79. The second-order valence-electron chi connectivity index (χ2n) is 7.40. The molecule has 0 saturated carbocycles. The minimum Gasteiger partial charge on any atom is -0.493 e. The number of rotatable bonds is 6. The SMILES string of the molecule is COc1ccc(C2=C(Nc3cc(C)cc(C)c3)C(=O)N(C(C)C)C2=O)cc1OC. The van der Waals surface area contributed by atoms with Crippen molar-refractivity contribution in [1.82, 2.24) is 4.90 Å². The molecular weight excluding hydrogens is 368 g/mol. The standard InChI is InChI=1S/C23H26N2O4/c1-13(2)25-22(26)20(16-7-8-18(28-5)19(12-16)29-6)21(23(25)27)24-17-10-14(3)9-15(4)11-17/h7-13,24H,1-6H3. The maximum absolute atomic E-state index is 13.2. The second-order valence-corrected chi connectivity index (χ2v) is 7.40. The number of carbonyl (C=O) groups is 2. The van der Waals surface area contributed by atoms with Crippen molar-refractivity contribution in [3.8, 4) is 11.5 Å². The fourth-order valence-electron chi connectivity index (χ4n) is 3.58. The lowest BCUT2D eigenvalue weighted by molar-refractivity contribution is -0.138. The first-order valence-corrected chi connectivity index (χ1v) is 9.46. The maximum atomic E-state index is 13.2. The largest absolute Gasteiger partial charge is 0.493 e. The summed E-state index contributed by atoms with van der Waals surface area (Å²) >= 11 is 0. The minimum atomic E-state index is -0.339. The van der Waals surface area contributed by atoms with E-state index in [4.69, 9.17) is 9.47 Å². The van der Waals surface area contributed by atoms with Crippen LogP contribution in [0.1, 0.15) is 30.5 Å². The van der Waals surface area contributed by atoms with E-state index < -0.39 is 0 Å². The molecule has 0 spiro atoms. The zero-order valence-corrected chi connectivity index (χ0v) is 17.6. The van der Waals surface area contributed by atoms with Gasteiger partial charge in [0, 0.05) is 11.7 Å². The molecule has 1 heterocycles. The van der Waals surface area contributed by atoms with E-state index in [1.165, 1.54) is 12.0 Å². The van der Waals surface area contributed by atoms with Gasteiger partial charge in [-0.05, 0) is 68.7 Å². The molecule has 0 aromatic heterocycles. The smallest absolute Gasteiger partial charge is 0.278 e. The fraction of sp³-hybridized carbons (Fsp3) is 0.304. The number of imide groups is 1. The number of benzene rings is 2. The highest BCUT2D eigenvalue weighted by Gasteiger charge is 2.40. The summed E-state index contributed by atoms with van der Waals surface area (Å²) in [6.45, 7) is 7.62. The van der Waals surface area contributed by atoms with Gasteiger partial charge < -0.3 is 14.8 Å². The third kappa shape index (κ3) is 3.83. The summed E-state index contributed by atoms with van der Waals surface area (Å²) in [5.41, 5.74) is 4.08. The number of carbonyl (C=O) groups excluding carboxylic acids is 2. The monoisotopic (exact) mass is 394 g/mol. The van der Waals surface area contributed by atoms with Crippen LogP contribution in [-0.2, 0) is 9.59 Å². The number of amides is 2. The molecule has 2 aromatic rings. The maximum Gasteiger partial charge on any atom is 0.278 e. The quantitative estimate of drug-likeness (QED) is 0.752. The van der Waals surface area contributed by atoms with Crippen molar-refractivity contribution >= 4 is 23.1 Å². The van der Waals surface area contributed by atoms with E-state index in [1.54, 1.807) is 25.3 Å². The second kappa shape index (κ2) is 7.99. The number of ether oxygens (including phenoxy) is 2. The lowest BCUT2D eigenvalue weighted by atomic mass is 10.0. The Morgan fingerprint density at radius 1 is 0.862 bits per heavy atom. The van der Waals surface area contributed by atoms with Gasteiger partial charge >= 0.3 is 0 Å². The zero-order chi connectivity index (χ0) is 21.3. The molecule has 0 atom stereocenters. The van der Waals surface area contributed by atoms with Gasteiger partial charge in [-0.1, -0.05) is 12.1 Å². The highest BCUT2D eigenvalue weighted by molar-refractivity contribution is 6.36. The van der Waals surface area contributed by atoms with Gasteiger partial charge in [-0.2, -0.15) is 0 Å². The van der Waals surface area contributed by atoms with Gasteiger partial charge in [-0.15, -0.1) is 0 Å². The molecule has 0 radical (unpaired) electrons. The average Bonchev–Trinajstić information content (AvgIpc) is 2.90. The molecule has 0 aliphatic carbocycles. The summed E-state index contributed by atoms with van der Waals surface area (Å²) in [5.74, 6) is 0.377. The summed E-state index contributed by atoms with van der Waals surface area (Å²) < 4.78 is 10.7. The molecule has 152 valence electrons. The van der Waals surface area contributed by atoms with E-state index in [1.807, 2.05) is 39.8 Å².